The Morgan fingerprint density at radius 2 is 1.52 bits per heavy atom. The second-order valence-corrected chi connectivity index (χ2v) is 13.7. The number of hydrogen-bond acceptors (Lipinski definition) is 4. The molecule has 4 heteroatoms. The number of carbonyl (C=O) groups is 2. The molecule has 2 rings (SSSR count). The van der Waals surface area contributed by atoms with Crippen LogP contribution in [0.3, 0.4) is 0 Å². The Bertz CT molecular complexity index is 1190. The van der Waals surface area contributed by atoms with Crippen molar-refractivity contribution >= 4 is 17.3 Å². The van der Waals surface area contributed by atoms with Gasteiger partial charge in [-0.1, -0.05) is 103 Å². The number of allylic oxidation sites excluding steroid dienone is 5. The third kappa shape index (κ3) is 11.3. The summed E-state index contributed by atoms with van der Waals surface area (Å²) in [6, 6.07) is 8.53. The number of hydrogen-bond donors (Lipinski definition) is 0. The van der Waals surface area contributed by atoms with E-state index in [1.54, 1.807) is 0 Å². The van der Waals surface area contributed by atoms with Gasteiger partial charge in [0.05, 0.1) is 0 Å². The highest BCUT2D eigenvalue weighted by Crippen LogP contribution is 2.37. The van der Waals surface area contributed by atoms with Crippen LogP contribution in [0.1, 0.15) is 105 Å². The highest BCUT2D eigenvalue weighted by atomic mass is 16.1. The number of benzene rings is 1. The van der Waals surface area contributed by atoms with Crippen molar-refractivity contribution in [1.29, 1.82) is 0 Å². The van der Waals surface area contributed by atoms with Gasteiger partial charge in [-0.25, -0.2) is 0 Å². The average Bonchev–Trinajstić information content (AvgIpc) is 2.91. The topological polar surface area (TPSA) is 40.6 Å². The Hall–Kier alpha value is -3.14. The van der Waals surface area contributed by atoms with Crippen molar-refractivity contribution in [3.63, 3.8) is 0 Å². The van der Waals surface area contributed by atoms with Crippen LogP contribution in [-0.2, 0) is 9.59 Å². The van der Waals surface area contributed by atoms with E-state index in [-0.39, 0.29) is 22.4 Å². The van der Waals surface area contributed by atoms with Crippen LogP contribution < -0.4 is 4.90 Å². The van der Waals surface area contributed by atoms with Crippen LogP contribution in [0.4, 0.5) is 5.69 Å². The number of aryl methyl sites for hydroxylation is 1. The second-order valence-electron chi connectivity index (χ2n) is 13.7. The lowest BCUT2D eigenvalue weighted by molar-refractivity contribution is -0.117. The maximum Gasteiger partial charge on any atom is 0.160 e. The van der Waals surface area contributed by atoms with Crippen LogP contribution >= 0.6 is 0 Å². The minimum absolute atomic E-state index is 0.0887. The first kappa shape index (κ1) is 35.1. The molecule has 0 radical (unpaired) electrons. The van der Waals surface area contributed by atoms with E-state index in [9.17, 15) is 9.59 Å². The molecule has 0 saturated carbocycles. The molecule has 0 spiro atoms. The number of Topliss-reactive ketones (excluding diaryl/α,β-unsaturated/α-hetero) is 2. The quantitative estimate of drug-likeness (QED) is 0.112. The van der Waals surface area contributed by atoms with Crippen molar-refractivity contribution in [3.8, 4) is 0 Å². The molecular weight excluding hydrogens is 516 g/mol. The predicted octanol–water partition coefficient (Wildman–Crippen LogP) is 9.88. The summed E-state index contributed by atoms with van der Waals surface area (Å²) in [7, 11) is 1.93. The maximum absolute atomic E-state index is 13.2. The molecule has 0 aliphatic carbocycles. The highest BCUT2D eigenvalue weighted by molar-refractivity contribution is 5.97. The van der Waals surface area contributed by atoms with E-state index in [0.717, 1.165) is 79.6 Å². The van der Waals surface area contributed by atoms with Gasteiger partial charge in [-0.05, 0) is 62.1 Å². The van der Waals surface area contributed by atoms with E-state index in [1.807, 2.05) is 37.2 Å². The van der Waals surface area contributed by atoms with E-state index in [0.29, 0.717) is 12.8 Å². The van der Waals surface area contributed by atoms with Crippen LogP contribution in [0.2, 0.25) is 0 Å². The lowest BCUT2D eigenvalue weighted by Gasteiger charge is -2.37. The first-order valence-electron chi connectivity index (χ1n) is 15.7. The minimum atomic E-state index is -0.240. The molecule has 0 bridgehead atoms. The van der Waals surface area contributed by atoms with Crippen molar-refractivity contribution in [2.75, 3.05) is 18.5 Å². The standard InChI is InChI=1S/C38H56N2O2/c1-29(2)19-22-31(4)39(10)27-33(37(5,6)7)35(41)17-15-13-11-12-14-16-18-36(42)34-28-40(26-25-38(34,8)9)32-23-20-30(3)21-24-32/h19-24,27-28H,1,4,11-18,25-26H2,2-3,5-10H3/b22-19-,33-27-. The number of anilines is 1. The van der Waals surface area contributed by atoms with E-state index in [1.165, 1.54) is 5.56 Å². The van der Waals surface area contributed by atoms with Gasteiger partial charge in [-0.2, -0.15) is 0 Å². The third-order valence-electron chi connectivity index (χ3n) is 8.16. The van der Waals surface area contributed by atoms with Crippen LogP contribution in [0.15, 0.2) is 84.4 Å². The molecule has 0 saturated heterocycles. The summed E-state index contributed by atoms with van der Waals surface area (Å²) in [6.45, 7) is 23.6. The Morgan fingerprint density at radius 1 is 0.952 bits per heavy atom. The molecule has 1 aliphatic heterocycles. The van der Waals surface area contributed by atoms with Gasteiger partial charge in [0.25, 0.3) is 0 Å². The number of carbonyl (C=O) groups excluding carboxylic acids is 2. The smallest absolute Gasteiger partial charge is 0.160 e. The second kappa shape index (κ2) is 15.9. The fourth-order valence-corrected chi connectivity index (χ4v) is 5.18. The predicted molar refractivity (Wildman–Crippen MR) is 180 cm³/mol. The fraction of sp³-hybridized carbons (Fsp3) is 0.526. The first-order chi connectivity index (χ1) is 19.6. The molecule has 1 aromatic carbocycles. The van der Waals surface area contributed by atoms with Crippen molar-refractivity contribution < 1.29 is 9.59 Å². The molecule has 0 unspecified atom stereocenters. The van der Waals surface area contributed by atoms with Gasteiger partial charge in [-0.15, -0.1) is 0 Å². The monoisotopic (exact) mass is 572 g/mol. The van der Waals surface area contributed by atoms with Gasteiger partial charge in [0.1, 0.15) is 0 Å². The lowest BCUT2D eigenvalue weighted by atomic mass is 9.76. The largest absolute Gasteiger partial charge is 0.351 e. The number of ketones is 2. The summed E-state index contributed by atoms with van der Waals surface area (Å²) >= 11 is 0. The SMILES string of the molecule is C=C(C)/C=C\C(=C)N(C)/C=C(/C(=O)CCCCCCCCC(=O)C1=CN(c2ccc(C)cc2)CCC1(C)C)C(C)(C)C. The van der Waals surface area contributed by atoms with Gasteiger partial charge in [-0.3, -0.25) is 9.59 Å². The molecule has 1 aromatic rings. The summed E-state index contributed by atoms with van der Waals surface area (Å²) in [4.78, 5) is 30.5. The zero-order valence-electron chi connectivity index (χ0n) is 27.8. The molecular formula is C38H56N2O2. The van der Waals surface area contributed by atoms with Crippen LogP contribution in [-0.4, -0.2) is 30.1 Å². The summed E-state index contributed by atoms with van der Waals surface area (Å²) in [6.07, 6.45) is 16.1. The number of nitrogens with zero attached hydrogens (tertiary/aromatic N) is 2. The molecule has 0 aromatic heterocycles. The molecule has 1 aliphatic rings. The average molecular weight is 573 g/mol. The molecule has 0 amide bonds. The van der Waals surface area contributed by atoms with Crippen molar-refractivity contribution in [2.45, 2.75) is 106 Å². The maximum atomic E-state index is 13.2. The van der Waals surface area contributed by atoms with Crippen LogP contribution in [0.5, 0.6) is 0 Å². The normalized spacial score (nSPS) is 15.5. The Morgan fingerprint density at radius 3 is 2.10 bits per heavy atom. The van der Waals surface area contributed by atoms with Crippen molar-refractivity contribution in [1.82, 2.24) is 4.90 Å². The van der Waals surface area contributed by atoms with Crippen LogP contribution in [0, 0.1) is 17.8 Å². The van der Waals surface area contributed by atoms with Crippen molar-refractivity contribution in [3.05, 3.63) is 90.0 Å². The van der Waals surface area contributed by atoms with E-state index >= 15 is 0 Å². The number of rotatable bonds is 16. The first-order valence-corrected chi connectivity index (χ1v) is 15.7. The Kier molecular flexibility index (Phi) is 13.3. The molecule has 0 atom stereocenters. The molecule has 0 fully saturated rings. The molecule has 230 valence electrons. The van der Waals surface area contributed by atoms with E-state index < -0.39 is 0 Å². The number of likely N-dealkylation sites (N-methyl/N-ethyl adjacent to an activating group) is 1. The lowest BCUT2D eigenvalue weighted by Crippen LogP contribution is -2.35. The van der Waals surface area contributed by atoms with Gasteiger partial charge >= 0.3 is 0 Å². The molecule has 42 heavy (non-hydrogen) atoms. The van der Waals surface area contributed by atoms with Crippen LogP contribution in [0.25, 0.3) is 0 Å². The Labute approximate surface area is 256 Å². The third-order valence-corrected chi connectivity index (χ3v) is 8.16. The summed E-state index contributed by atoms with van der Waals surface area (Å²) < 4.78 is 0. The summed E-state index contributed by atoms with van der Waals surface area (Å²) in [5.41, 5.74) is 5.63. The summed E-state index contributed by atoms with van der Waals surface area (Å²) in [5.74, 6) is 0.492. The zero-order valence-corrected chi connectivity index (χ0v) is 27.8. The van der Waals surface area contributed by atoms with Gasteiger partial charge in [0.15, 0.2) is 11.6 Å². The summed E-state index contributed by atoms with van der Waals surface area (Å²) in [5, 5.41) is 0. The molecule has 4 nitrogen and oxygen atoms in total. The van der Waals surface area contributed by atoms with Gasteiger partial charge in [0, 0.05) is 61.4 Å². The van der Waals surface area contributed by atoms with Crippen molar-refractivity contribution in [2.24, 2.45) is 10.8 Å². The van der Waals surface area contributed by atoms with E-state index in [4.69, 9.17) is 0 Å². The minimum Gasteiger partial charge on any atom is -0.351 e. The Balaban J connectivity index is 1.78. The highest BCUT2D eigenvalue weighted by Gasteiger charge is 2.32. The van der Waals surface area contributed by atoms with Gasteiger partial charge in [0.2, 0.25) is 0 Å². The zero-order chi connectivity index (χ0) is 31.5. The fourth-order valence-electron chi connectivity index (χ4n) is 5.18. The van der Waals surface area contributed by atoms with E-state index in [2.05, 4.69) is 90.1 Å². The molecule has 1 heterocycles. The molecule has 0 N–H and O–H groups in total. The number of unbranched alkanes of at least 4 members (excludes halogenated alkanes) is 5. The van der Waals surface area contributed by atoms with Gasteiger partial charge < -0.3 is 9.80 Å².